The Morgan fingerprint density at radius 1 is 1.24 bits per heavy atom. The van der Waals surface area contributed by atoms with Gasteiger partial charge in [-0.15, -0.1) is 0 Å². The van der Waals surface area contributed by atoms with Crippen LogP contribution in [-0.4, -0.2) is 39.1 Å². The molecule has 2 aromatic heterocycles. The molecule has 7 nitrogen and oxygen atoms in total. The van der Waals surface area contributed by atoms with Gasteiger partial charge in [-0.1, -0.05) is 30.3 Å². The quantitative estimate of drug-likeness (QED) is 0.766. The van der Waals surface area contributed by atoms with Gasteiger partial charge in [0.05, 0.1) is 23.6 Å². The van der Waals surface area contributed by atoms with Gasteiger partial charge in [0.15, 0.2) is 0 Å². The average molecular weight is 337 g/mol. The first-order valence-corrected chi connectivity index (χ1v) is 8.34. The van der Waals surface area contributed by atoms with Crippen LogP contribution in [-0.2, 0) is 4.74 Å². The highest BCUT2D eigenvalue weighted by Crippen LogP contribution is 2.22. The second-order valence-electron chi connectivity index (χ2n) is 6.04. The molecule has 1 aliphatic rings. The van der Waals surface area contributed by atoms with E-state index in [-0.39, 0.29) is 5.91 Å². The number of carbonyl (C=O) groups is 1. The third-order valence-corrected chi connectivity index (χ3v) is 4.32. The highest BCUT2D eigenvalue weighted by atomic mass is 16.5. The number of hydrogen-bond acceptors (Lipinski definition) is 4. The van der Waals surface area contributed by atoms with E-state index in [2.05, 4.69) is 20.6 Å². The molecule has 0 bridgehead atoms. The minimum atomic E-state index is -0.235. The number of hydrogen-bond donors (Lipinski definition) is 2. The molecule has 1 fully saturated rings. The Morgan fingerprint density at radius 3 is 2.84 bits per heavy atom. The maximum Gasteiger partial charge on any atom is 0.273 e. The Bertz CT molecular complexity index is 849. The molecule has 1 aliphatic heterocycles. The largest absolute Gasteiger partial charge is 0.381 e. The van der Waals surface area contributed by atoms with Crippen LogP contribution in [0.3, 0.4) is 0 Å². The predicted molar refractivity (Wildman–Crippen MR) is 93.3 cm³/mol. The van der Waals surface area contributed by atoms with Crippen molar-refractivity contribution in [2.24, 2.45) is 0 Å². The second-order valence-corrected chi connectivity index (χ2v) is 6.04. The molecule has 0 aliphatic carbocycles. The summed E-state index contributed by atoms with van der Waals surface area (Å²) in [4.78, 5) is 12.4. The lowest BCUT2D eigenvalue weighted by Gasteiger charge is -2.22. The van der Waals surface area contributed by atoms with Crippen LogP contribution in [0.25, 0.3) is 11.3 Å². The number of aromatic nitrogens is 4. The second kappa shape index (κ2) is 6.90. The lowest BCUT2D eigenvalue weighted by molar-refractivity contribution is 0.0662. The zero-order chi connectivity index (χ0) is 17.1. The number of nitrogens with one attached hydrogen (secondary N) is 2. The maximum atomic E-state index is 12.4. The molecule has 3 aromatic rings. The fourth-order valence-corrected chi connectivity index (χ4v) is 2.95. The van der Waals surface area contributed by atoms with Gasteiger partial charge < -0.3 is 10.1 Å². The molecule has 1 aromatic carbocycles. The summed E-state index contributed by atoms with van der Waals surface area (Å²) < 4.78 is 7.27. The standard InChI is InChI=1S/C18H19N5O2/c24-18(17-10-16(21-22-17)13-4-2-1-3-5-13)20-14-11-19-23(12-14)15-6-8-25-9-7-15/h1-5,10-12,15H,6-9H2,(H,20,24)(H,21,22). The summed E-state index contributed by atoms with van der Waals surface area (Å²) in [5.74, 6) is -0.235. The number of anilines is 1. The van der Waals surface area contributed by atoms with E-state index in [1.165, 1.54) is 0 Å². The van der Waals surface area contributed by atoms with Crippen LogP contribution in [0, 0.1) is 0 Å². The number of benzene rings is 1. The molecule has 3 heterocycles. The van der Waals surface area contributed by atoms with Crippen molar-refractivity contribution in [2.75, 3.05) is 18.5 Å². The van der Waals surface area contributed by atoms with Gasteiger partial charge in [0.2, 0.25) is 0 Å². The molecule has 4 rings (SSSR count). The van der Waals surface area contributed by atoms with Crippen LogP contribution < -0.4 is 5.32 Å². The molecule has 7 heteroatoms. The van der Waals surface area contributed by atoms with Crippen molar-refractivity contribution < 1.29 is 9.53 Å². The van der Waals surface area contributed by atoms with Crippen molar-refractivity contribution in [2.45, 2.75) is 18.9 Å². The summed E-state index contributed by atoms with van der Waals surface area (Å²) in [6, 6.07) is 11.8. The number of nitrogens with zero attached hydrogens (tertiary/aromatic N) is 3. The molecule has 1 amide bonds. The Kier molecular flexibility index (Phi) is 4.30. The van der Waals surface area contributed by atoms with Crippen molar-refractivity contribution >= 4 is 11.6 Å². The summed E-state index contributed by atoms with van der Waals surface area (Å²) in [5.41, 5.74) is 2.79. The summed E-state index contributed by atoms with van der Waals surface area (Å²) in [5, 5.41) is 14.2. The number of aromatic amines is 1. The van der Waals surface area contributed by atoms with Gasteiger partial charge in [-0.05, 0) is 18.9 Å². The fraction of sp³-hybridized carbons (Fsp3) is 0.278. The van der Waals surface area contributed by atoms with Gasteiger partial charge in [0, 0.05) is 25.0 Å². The van der Waals surface area contributed by atoms with Crippen molar-refractivity contribution in [1.29, 1.82) is 0 Å². The molecule has 0 radical (unpaired) electrons. The van der Waals surface area contributed by atoms with Crippen LogP contribution in [0.5, 0.6) is 0 Å². The van der Waals surface area contributed by atoms with Crippen LogP contribution in [0.1, 0.15) is 29.4 Å². The molecule has 25 heavy (non-hydrogen) atoms. The molecular weight excluding hydrogens is 318 g/mol. The SMILES string of the molecule is O=C(Nc1cnn(C2CCOCC2)c1)c1cc(-c2ccccc2)n[nH]1. The van der Waals surface area contributed by atoms with E-state index in [1.807, 2.05) is 41.2 Å². The summed E-state index contributed by atoms with van der Waals surface area (Å²) in [6.07, 6.45) is 5.41. The molecule has 0 unspecified atom stereocenters. The molecule has 0 saturated carbocycles. The summed E-state index contributed by atoms with van der Waals surface area (Å²) in [7, 11) is 0. The van der Waals surface area contributed by atoms with E-state index >= 15 is 0 Å². The lowest BCUT2D eigenvalue weighted by Crippen LogP contribution is -2.19. The highest BCUT2D eigenvalue weighted by Gasteiger charge is 2.17. The first kappa shape index (κ1) is 15.6. The van der Waals surface area contributed by atoms with E-state index in [4.69, 9.17) is 4.74 Å². The van der Waals surface area contributed by atoms with E-state index in [0.717, 1.165) is 37.3 Å². The Balaban J connectivity index is 1.44. The van der Waals surface area contributed by atoms with Crippen molar-refractivity contribution in [3.63, 3.8) is 0 Å². The molecule has 0 spiro atoms. The van der Waals surface area contributed by atoms with E-state index in [1.54, 1.807) is 12.3 Å². The third-order valence-electron chi connectivity index (χ3n) is 4.32. The lowest BCUT2D eigenvalue weighted by atomic mass is 10.1. The van der Waals surface area contributed by atoms with Crippen molar-refractivity contribution in [3.05, 3.63) is 54.5 Å². The summed E-state index contributed by atoms with van der Waals surface area (Å²) >= 11 is 0. The monoisotopic (exact) mass is 337 g/mol. The minimum Gasteiger partial charge on any atom is -0.381 e. The topological polar surface area (TPSA) is 84.8 Å². The van der Waals surface area contributed by atoms with Gasteiger partial charge in [-0.2, -0.15) is 10.2 Å². The van der Waals surface area contributed by atoms with Gasteiger partial charge in [0.25, 0.3) is 5.91 Å². The van der Waals surface area contributed by atoms with Crippen molar-refractivity contribution in [1.82, 2.24) is 20.0 Å². The van der Waals surface area contributed by atoms with Gasteiger partial charge in [0.1, 0.15) is 5.69 Å². The Labute approximate surface area is 145 Å². The first-order valence-electron chi connectivity index (χ1n) is 8.34. The van der Waals surface area contributed by atoms with E-state index in [0.29, 0.717) is 17.4 Å². The van der Waals surface area contributed by atoms with Gasteiger partial charge in [-0.3, -0.25) is 14.6 Å². The smallest absolute Gasteiger partial charge is 0.273 e. The van der Waals surface area contributed by atoms with Crippen LogP contribution in [0.4, 0.5) is 5.69 Å². The Morgan fingerprint density at radius 2 is 2.04 bits per heavy atom. The maximum absolute atomic E-state index is 12.4. The minimum absolute atomic E-state index is 0.235. The molecule has 0 atom stereocenters. The van der Waals surface area contributed by atoms with Gasteiger partial charge >= 0.3 is 0 Å². The van der Waals surface area contributed by atoms with Crippen LogP contribution >= 0.6 is 0 Å². The molecule has 128 valence electrons. The zero-order valence-electron chi connectivity index (χ0n) is 13.7. The fourth-order valence-electron chi connectivity index (χ4n) is 2.95. The van der Waals surface area contributed by atoms with E-state index < -0.39 is 0 Å². The molecule has 2 N–H and O–H groups in total. The number of H-pyrrole nitrogens is 1. The number of ether oxygens (including phenoxy) is 1. The highest BCUT2D eigenvalue weighted by molar-refractivity contribution is 6.03. The number of carbonyl (C=O) groups excluding carboxylic acids is 1. The van der Waals surface area contributed by atoms with Gasteiger partial charge in [-0.25, -0.2) is 0 Å². The third kappa shape index (κ3) is 3.46. The summed E-state index contributed by atoms with van der Waals surface area (Å²) in [6.45, 7) is 1.51. The Hall–Kier alpha value is -2.93. The van der Waals surface area contributed by atoms with Crippen LogP contribution in [0.2, 0.25) is 0 Å². The number of amides is 1. The average Bonchev–Trinajstić information content (AvgIpc) is 3.33. The van der Waals surface area contributed by atoms with E-state index in [9.17, 15) is 4.79 Å². The first-order chi connectivity index (χ1) is 12.3. The predicted octanol–water partition coefficient (Wildman–Crippen LogP) is 2.88. The normalized spacial score (nSPS) is 15.2. The zero-order valence-corrected chi connectivity index (χ0v) is 13.7. The molecular formula is C18H19N5O2. The van der Waals surface area contributed by atoms with Crippen LogP contribution in [0.15, 0.2) is 48.8 Å². The number of rotatable bonds is 4. The molecule has 1 saturated heterocycles. The van der Waals surface area contributed by atoms with Crippen molar-refractivity contribution in [3.8, 4) is 11.3 Å².